The topological polar surface area (TPSA) is 51.1 Å². The van der Waals surface area contributed by atoms with Gasteiger partial charge in [0.1, 0.15) is 0 Å². The zero-order chi connectivity index (χ0) is 12.7. The molecule has 4 nitrogen and oxygen atoms in total. The maximum Gasteiger partial charge on any atom is 0.290 e. The summed E-state index contributed by atoms with van der Waals surface area (Å²) < 4.78 is 2.00. The molecule has 0 spiro atoms. The van der Waals surface area contributed by atoms with Crippen molar-refractivity contribution in [2.75, 3.05) is 0 Å². The second-order valence-electron chi connectivity index (χ2n) is 4.04. The third-order valence-electron chi connectivity index (χ3n) is 2.91. The average Bonchev–Trinajstić information content (AvgIpc) is 2.82. The number of nitrogens with one attached hydrogen (secondary N) is 1. The molecule has 0 saturated carbocycles. The summed E-state index contributed by atoms with van der Waals surface area (Å²) in [5.74, 6) is -0.324. The van der Waals surface area contributed by atoms with E-state index in [-0.39, 0.29) is 11.1 Å². The van der Waals surface area contributed by atoms with Crippen LogP contribution >= 0.6 is 11.8 Å². The highest BCUT2D eigenvalue weighted by Crippen LogP contribution is 2.27. The van der Waals surface area contributed by atoms with Crippen molar-refractivity contribution in [3.63, 3.8) is 0 Å². The minimum Gasteiger partial charge on any atom is -0.344 e. The highest BCUT2D eigenvalue weighted by Gasteiger charge is 2.25. The highest BCUT2D eigenvalue weighted by molar-refractivity contribution is 8.18. The number of aryl methyl sites for hydroxylation is 1. The Hall–Kier alpha value is -2.01. The maximum atomic E-state index is 11.5. The van der Waals surface area contributed by atoms with Gasteiger partial charge in [0.15, 0.2) is 0 Å². The Morgan fingerprint density at radius 2 is 2.06 bits per heavy atom. The summed E-state index contributed by atoms with van der Waals surface area (Å²) in [4.78, 5) is 23.0. The van der Waals surface area contributed by atoms with Crippen molar-refractivity contribution in [3.8, 4) is 0 Å². The smallest absolute Gasteiger partial charge is 0.290 e. The molecule has 0 atom stereocenters. The van der Waals surface area contributed by atoms with Crippen molar-refractivity contribution in [3.05, 3.63) is 40.9 Å². The molecule has 2 aromatic rings. The molecule has 0 aliphatic carbocycles. The predicted molar refractivity (Wildman–Crippen MR) is 72.0 cm³/mol. The summed E-state index contributed by atoms with van der Waals surface area (Å²) in [5, 5.41) is 3.05. The Bertz CT molecular complexity index is 700. The molecule has 5 heteroatoms. The number of hydrogen-bond donors (Lipinski definition) is 1. The molecule has 3 rings (SSSR count). The first-order chi connectivity index (χ1) is 8.65. The van der Waals surface area contributed by atoms with Gasteiger partial charge in [-0.3, -0.25) is 14.9 Å². The number of aromatic nitrogens is 1. The number of thioether (sulfide) groups is 1. The minimum absolute atomic E-state index is 0.315. The van der Waals surface area contributed by atoms with Gasteiger partial charge in [0.2, 0.25) is 0 Å². The largest absolute Gasteiger partial charge is 0.344 e. The van der Waals surface area contributed by atoms with Crippen LogP contribution in [0.2, 0.25) is 0 Å². The fourth-order valence-electron chi connectivity index (χ4n) is 2.00. The Kier molecular flexibility index (Phi) is 2.48. The quantitative estimate of drug-likeness (QED) is 0.799. The molecular formula is C13H10N2O2S. The number of para-hydroxylation sites is 1. The van der Waals surface area contributed by atoms with Crippen molar-refractivity contribution in [2.45, 2.75) is 0 Å². The molecule has 1 fully saturated rings. The molecule has 1 saturated heterocycles. The van der Waals surface area contributed by atoms with Gasteiger partial charge in [-0.1, -0.05) is 18.2 Å². The van der Waals surface area contributed by atoms with E-state index in [0.29, 0.717) is 4.91 Å². The number of nitrogens with zero attached hydrogens (tertiary/aromatic N) is 1. The lowest BCUT2D eigenvalue weighted by Crippen LogP contribution is -2.17. The molecule has 0 bridgehead atoms. The lowest BCUT2D eigenvalue weighted by molar-refractivity contribution is -0.115. The van der Waals surface area contributed by atoms with Crippen molar-refractivity contribution >= 4 is 39.9 Å². The first kappa shape index (κ1) is 11.1. The Balaban J connectivity index is 2.10. The molecule has 90 valence electrons. The third-order valence-corrected chi connectivity index (χ3v) is 3.72. The van der Waals surface area contributed by atoms with Gasteiger partial charge in [0.25, 0.3) is 11.1 Å². The second kappa shape index (κ2) is 4.03. The van der Waals surface area contributed by atoms with E-state index in [1.807, 2.05) is 41.9 Å². The van der Waals surface area contributed by atoms with Crippen LogP contribution in [0.1, 0.15) is 5.69 Å². The van der Waals surface area contributed by atoms with Crippen LogP contribution in [0.3, 0.4) is 0 Å². The van der Waals surface area contributed by atoms with Gasteiger partial charge >= 0.3 is 0 Å². The third kappa shape index (κ3) is 1.73. The summed E-state index contributed by atoms with van der Waals surface area (Å²) in [7, 11) is 1.94. The molecule has 1 N–H and O–H groups in total. The summed E-state index contributed by atoms with van der Waals surface area (Å²) in [6, 6.07) is 9.98. The fourth-order valence-corrected chi connectivity index (χ4v) is 2.67. The summed E-state index contributed by atoms with van der Waals surface area (Å²) in [6.07, 6.45) is 1.74. The molecule has 18 heavy (non-hydrogen) atoms. The molecular weight excluding hydrogens is 248 g/mol. The normalized spacial score (nSPS) is 17.7. The standard InChI is InChI=1S/C13H10N2O2S/c1-15-9(6-8-4-2-3-5-10(8)15)7-11-12(16)14-13(17)18-11/h2-7H,1H3,(H,14,16,17). The molecule has 0 radical (unpaired) electrons. The van der Waals surface area contributed by atoms with E-state index in [0.717, 1.165) is 28.4 Å². The van der Waals surface area contributed by atoms with Gasteiger partial charge in [-0.15, -0.1) is 0 Å². The predicted octanol–water partition coefficient (Wildman–Crippen LogP) is 2.50. The molecule has 2 amide bonds. The lowest BCUT2D eigenvalue weighted by Gasteiger charge is -1.99. The highest BCUT2D eigenvalue weighted by atomic mass is 32.2. The van der Waals surface area contributed by atoms with Crippen LogP contribution in [0, 0.1) is 0 Å². The van der Waals surface area contributed by atoms with Gasteiger partial charge in [-0.25, -0.2) is 0 Å². The van der Waals surface area contributed by atoms with Crippen LogP contribution in [0.25, 0.3) is 17.0 Å². The number of benzene rings is 1. The summed E-state index contributed by atoms with van der Waals surface area (Å²) in [6.45, 7) is 0. The van der Waals surface area contributed by atoms with Gasteiger partial charge in [0, 0.05) is 23.6 Å². The van der Waals surface area contributed by atoms with Crippen LogP contribution in [-0.4, -0.2) is 15.7 Å². The molecule has 1 aromatic carbocycles. The number of imide groups is 1. The number of rotatable bonds is 1. The molecule has 1 aromatic heterocycles. The first-order valence-corrected chi connectivity index (χ1v) is 6.26. The van der Waals surface area contributed by atoms with Crippen LogP contribution in [0.4, 0.5) is 4.79 Å². The Labute approximate surface area is 108 Å². The van der Waals surface area contributed by atoms with Crippen molar-refractivity contribution < 1.29 is 9.59 Å². The lowest BCUT2D eigenvalue weighted by atomic mass is 10.2. The Morgan fingerprint density at radius 3 is 2.72 bits per heavy atom. The number of carbonyl (C=O) groups excluding carboxylic acids is 2. The maximum absolute atomic E-state index is 11.5. The molecule has 0 unspecified atom stereocenters. The zero-order valence-corrected chi connectivity index (χ0v) is 10.5. The summed E-state index contributed by atoms with van der Waals surface area (Å²) in [5.41, 5.74) is 2.00. The molecule has 2 heterocycles. The minimum atomic E-state index is -0.324. The summed E-state index contributed by atoms with van der Waals surface area (Å²) >= 11 is 0.935. The number of fused-ring (bicyclic) bond motifs is 1. The van der Waals surface area contributed by atoms with Crippen LogP contribution in [-0.2, 0) is 11.8 Å². The van der Waals surface area contributed by atoms with Crippen LogP contribution in [0.5, 0.6) is 0 Å². The zero-order valence-electron chi connectivity index (χ0n) is 9.64. The molecule has 1 aliphatic rings. The van der Waals surface area contributed by atoms with Crippen molar-refractivity contribution in [1.82, 2.24) is 9.88 Å². The van der Waals surface area contributed by atoms with Crippen LogP contribution < -0.4 is 5.32 Å². The number of carbonyl (C=O) groups is 2. The van der Waals surface area contributed by atoms with E-state index < -0.39 is 0 Å². The number of hydrogen-bond acceptors (Lipinski definition) is 3. The monoisotopic (exact) mass is 258 g/mol. The van der Waals surface area contributed by atoms with Gasteiger partial charge in [0.05, 0.1) is 4.91 Å². The van der Waals surface area contributed by atoms with Gasteiger partial charge in [-0.2, -0.15) is 0 Å². The Morgan fingerprint density at radius 1 is 1.28 bits per heavy atom. The molecule has 1 aliphatic heterocycles. The van der Waals surface area contributed by atoms with E-state index >= 15 is 0 Å². The SMILES string of the molecule is Cn1c(C=C2SC(=O)NC2=O)cc2ccccc21. The van der Waals surface area contributed by atoms with Crippen LogP contribution in [0.15, 0.2) is 35.2 Å². The van der Waals surface area contributed by atoms with E-state index in [1.54, 1.807) is 6.08 Å². The van der Waals surface area contributed by atoms with Crippen molar-refractivity contribution in [1.29, 1.82) is 0 Å². The first-order valence-electron chi connectivity index (χ1n) is 5.44. The van der Waals surface area contributed by atoms with Gasteiger partial charge < -0.3 is 4.57 Å². The fraction of sp³-hybridized carbons (Fsp3) is 0.0769. The average molecular weight is 258 g/mol. The van der Waals surface area contributed by atoms with E-state index in [4.69, 9.17) is 0 Å². The van der Waals surface area contributed by atoms with Crippen molar-refractivity contribution in [2.24, 2.45) is 7.05 Å². The van der Waals surface area contributed by atoms with E-state index in [2.05, 4.69) is 5.32 Å². The number of amides is 2. The van der Waals surface area contributed by atoms with E-state index in [1.165, 1.54) is 0 Å². The second-order valence-corrected chi connectivity index (χ2v) is 5.05. The van der Waals surface area contributed by atoms with E-state index in [9.17, 15) is 9.59 Å². The van der Waals surface area contributed by atoms with Gasteiger partial charge in [-0.05, 0) is 30.0 Å².